The minimum atomic E-state index is -3.74. The lowest BCUT2D eigenvalue weighted by Crippen LogP contribution is -2.33. The summed E-state index contributed by atoms with van der Waals surface area (Å²) in [6.45, 7) is 8.24. The molecule has 0 amide bonds. The minimum Gasteiger partial charge on any atom is -0.376 e. The van der Waals surface area contributed by atoms with Crippen molar-refractivity contribution in [3.63, 3.8) is 0 Å². The molecule has 10 nitrogen and oxygen atoms in total. The van der Waals surface area contributed by atoms with E-state index in [4.69, 9.17) is 9.47 Å². The molecule has 0 aliphatic carbocycles. The third-order valence-electron chi connectivity index (χ3n) is 6.93. The van der Waals surface area contributed by atoms with Gasteiger partial charge in [0.1, 0.15) is 17.7 Å². The normalized spacial score (nSPS) is 18.9. The molecule has 200 valence electrons. The van der Waals surface area contributed by atoms with Gasteiger partial charge in [-0.25, -0.2) is 18.4 Å². The molecule has 0 N–H and O–H groups in total. The van der Waals surface area contributed by atoms with Gasteiger partial charge >= 0.3 is 0 Å². The number of hydrogen-bond acceptors (Lipinski definition) is 9. The van der Waals surface area contributed by atoms with Gasteiger partial charge in [-0.15, -0.1) is 10.2 Å². The zero-order valence-corrected chi connectivity index (χ0v) is 23.0. The first-order valence-electron chi connectivity index (χ1n) is 12.8. The van der Waals surface area contributed by atoms with Crippen molar-refractivity contribution >= 4 is 9.84 Å². The monoisotopic (exact) mass is 528 g/mol. The van der Waals surface area contributed by atoms with Gasteiger partial charge in [0, 0.05) is 44.1 Å². The predicted molar refractivity (Wildman–Crippen MR) is 140 cm³/mol. The van der Waals surface area contributed by atoms with Crippen LogP contribution in [0, 0.1) is 13.8 Å². The van der Waals surface area contributed by atoms with Crippen molar-refractivity contribution in [1.82, 2.24) is 29.7 Å². The van der Waals surface area contributed by atoms with E-state index in [1.54, 1.807) is 31.7 Å². The van der Waals surface area contributed by atoms with Crippen LogP contribution >= 0.6 is 0 Å². The van der Waals surface area contributed by atoms with Gasteiger partial charge in [-0.2, -0.15) is 0 Å². The highest BCUT2D eigenvalue weighted by Crippen LogP contribution is 2.33. The summed E-state index contributed by atoms with van der Waals surface area (Å²) in [7, 11) is -2.27. The van der Waals surface area contributed by atoms with Crippen molar-refractivity contribution in [2.45, 2.75) is 82.6 Å². The Bertz CT molecular complexity index is 1290. The molecule has 0 radical (unpaired) electrons. The van der Waals surface area contributed by atoms with Gasteiger partial charge in [-0.1, -0.05) is 6.92 Å². The van der Waals surface area contributed by atoms with Gasteiger partial charge in [0.2, 0.25) is 0 Å². The van der Waals surface area contributed by atoms with E-state index in [1.165, 1.54) is 7.11 Å². The van der Waals surface area contributed by atoms with Gasteiger partial charge in [0.05, 0.1) is 17.4 Å². The molecule has 11 heteroatoms. The summed E-state index contributed by atoms with van der Waals surface area (Å²) in [5.41, 5.74) is 2.66. The molecule has 0 unspecified atom stereocenters. The van der Waals surface area contributed by atoms with Crippen molar-refractivity contribution in [3.05, 3.63) is 53.6 Å². The number of aryl methyl sites for hydroxylation is 2. The highest BCUT2D eigenvalue weighted by Gasteiger charge is 2.36. The second kappa shape index (κ2) is 11.7. The third-order valence-corrected chi connectivity index (χ3v) is 8.97. The molecule has 4 atom stereocenters. The van der Waals surface area contributed by atoms with Crippen LogP contribution in [-0.4, -0.2) is 63.2 Å². The molecule has 0 saturated carbocycles. The highest BCUT2D eigenvalue weighted by molar-refractivity contribution is 7.91. The Labute approximate surface area is 218 Å². The molecule has 4 rings (SSSR count). The zero-order chi connectivity index (χ0) is 26.6. The summed E-state index contributed by atoms with van der Waals surface area (Å²) in [5, 5.41) is 7.96. The molecule has 1 aliphatic heterocycles. The Morgan fingerprint density at radius 1 is 1.11 bits per heavy atom. The van der Waals surface area contributed by atoms with Crippen molar-refractivity contribution < 1.29 is 17.9 Å². The Hall–Kier alpha value is -2.76. The maximum atomic E-state index is 13.7. The summed E-state index contributed by atoms with van der Waals surface area (Å²) in [6, 6.07) is 1.88. The average Bonchev–Trinajstić information content (AvgIpc) is 3.29. The molecule has 0 spiro atoms. The van der Waals surface area contributed by atoms with E-state index in [-0.39, 0.29) is 17.9 Å². The molecular weight excluding hydrogens is 492 g/mol. The molecule has 3 aromatic rings. The van der Waals surface area contributed by atoms with Gasteiger partial charge in [-0.3, -0.25) is 4.98 Å². The lowest BCUT2D eigenvalue weighted by Gasteiger charge is -2.32. The van der Waals surface area contributed by atoms with E-state index >= 15 is 0 Å². The molecule has 37 heavy (non-hydrogen) atoms. The SMILES string of the molecule is CC[C@H]([C@@H]1CCCCO1)n1c(CS(=O)(=O)[C@@H](C)[C@H](OC)c2ncc(C)cn2)nnc1-c1cncc(C)c1. The molecule has 4 heterocycles. The fraction of sp³-hybridized carbons (Fsp3) is 0.577. The second-order valence-corrected chi connectivity index (χ2v) is 12.1. The summed E-state index contributed by atoms with van der Waals surface area (Å²) in [5.74, 6) is 1.01. The van der Waals surface area contributed by atoms with E-state index in [1.807, 2.05) is 24.5 Å². The molecule has 1 fully saturated rings. The Morgan fingerprint density at radius 2 is 1.86 bits per heavy atom. The van der Waals surface area contributed by atoms with Crippen LogP contribution in [0.3, 0.4) is 0 Å². The molecule has 1 saturated heterocycles. The van der Waals surface area contributed by atoms with Crippen LogP contribution < -0.4 is 0 Å². The van der Waals surface area contributed by atoms with Crippen molar-refractivity contribution in [2.24, 2.45) is 0 Å². The molecule has 0 bridgehead atoms. The van der Waals surface area contributed by atoms with Crippen molar-refractivity contribution in [1.29, 1.82) is 0 Å². The van der Waals surface area contributed by atoms with Gasteiger partial charge in [0.25, 0.3) is 0 Å². The first kappa shape index (κ1) is 27.3. The number of methoxy groups -OCH3 is 1. The summed E-state index contributed by atoms with van der Waals surface area (Å²) >= 11 is 0. The number of rotatable bonds is 10. The number of nitrogens with zero attached hydrogens (tertiary/aromatic N) is 6. The number of pyridine rings is 1. The molecule has 1 aliphatic rings. The fourth-order valence-electron chi connectivity index (χ4n) is 4.88. The van der Waals surface area contributed by atoms with Crippen LogP contribution in [0.2, 0.25) is 0 Å². The summed E-state index contributed by atoms with van der Waals surface area (Å²) < 4.78 is 41.1. The second-order valence-electron chi connectivity index (χ2n) is 9.73. The first-order chi connectivity index (χ1) is 17.7. The lowest BCUT2D eigenvalue weighted by molar-refractivity contribution is -0.0179. The van der Waals surface area contributed by atoms with E-state index in [0.717, 1.165) is 42.4 Å². The number of hydrogen-bond donors (Lipinski definition) is 0. The maximum absolute atomic E-state index is 13.7. The topological polar surface area (TPSA) is 122 Å². The van der Waals surface area contributed by atoms with Crippen LogP contribution in [0.15, 0.2) is 30.9 Å². The largest absolute Gasteiger partial charge is 0.376 e. The van der Waals surface area contributed by atoms with E-state index in [2.05, 4.69) is 32.1 Å². The van der Waals surface area contributed by atoms with Gasteiger partial charge in [-0.05, 0) is 63.6 Å². The van der Waals surface area contributed by atoms with Crippen LogP contribution in [0.1, 0.15) is 74.5 Å². The van der Waals surface area contributed by atoms with Crippen LogP contribution in [-0.2, 0) is 25.1 Å². The Morgan fingerprint density at radius 3 is 2.49 bits per heavy atom. The molecule has 3 aromatic heterocycles. The molecular formula is C26H36N6O4S. The standard InChI is InChI=1S/C26H36N6O4S/c1-6-21(22-9-7-8-10-36-22)32-23(30-31-26(32)20-11-17(2)12-27-15-20)16-37(33,34)19(4)24(35-5)25-28-13-18(3)14-29-25/h11-15,19,21-22,24H,6-10,16H2,1-5H3/t19-,21+,22-,24-/m0/s1. The highest BCUT2D eigenvalue weighted by atomic mass is 32.2. The van der Waals surface area contributed by atoms with E-state index < -0.39 is 21.2 Å². The van der Waals surface area contributed by atoms with Gasteiger partial charge < -0.3 is 14.0 Å². The fourth-order valence-corrected chi connectivity index (χ4v) is 6.31. The lowest BCUT2D eigenvalue weighted by atomic mass is 9.99. The van der Waals surface area contributed by atoms with Crippen molar-refractivity contribution in [3.8, 4) is 11.4 Å². The molecule has 0 aromatic carbocycles. The smallest absolute Gasteiger partial charge is 0.165 e. The summed E-state index contributed by atoms with van der Waals surface area (Å²) in [6.07, 6.45) is 9.71. The van der Waals surface area contributed by atoms with Crippen molar-refractivity contribution in [2.75, 3.05) is 13.7 Å². The number of ether oxygens (including phenoxy) is 2. The zero-order valence-electron chi connectivity index (χ0n) is 22.2. The Kier molecular flexibility index (Phi) is 8.66. The predicted octanol–water partition coefficient (Wildman–Crippen LogP) is 3.96. The quantitative estimate of drug-likeness (QED) is 0.385. The maximum Gasteiger partial charge on any atom is 0.165 e. The van der Waals surface area contributed by atoms with E-state index in [0.29, 0.717) is 24.1 Å². The third kappa shape index (κ3) is 6.05. The number of sulfone groups is 1. The Balaban J connectivity index is 1.73. The van der Waals surface area contributed by atoms with Crippen LogP contribution in [0.5, 0.6) is 0 Å². The van der Waals surface area contributed by atoms with E-state index in [9.17, 15) is 8.42 Å². The first-order valence-corrected chi connectivity index (χ1v) is 14.5. The number of aromatic nitrogens is 6. The minimum absolute atomic E-state index is 0.0437. The van der Waals surface area contributed by atoms with Crippen LogP contribution in [0.25, 0.3) is 11.4 Å². The van der Waals surface area contributed by atoms with Gasteiger partial charge in [0.15, 0.2) is 21.5 Å². The van der Waals surface area contributed by atoms with Crippen LogP contribution in [0.4, 0.5) is 0 Å². The average molecular weight is 529 g/mol. The summed E-state index contributed by atoms with van der Waals surface area (Å²) in [4.78, 5) is 12.9.